The SMILES string of the molecule is N#Cc1cc(-c2cnc3nnn(C[C@@H]4CN(c5ncc(C6=CCNCC6)cn5)CCO4)c3n2)ccc1F. The number of ether oxygens (including phenoxy) is 1. The standard InChI is InChI=1S/C25H23FN10O/c26-21-2-1-17(9-18(21)10-27)22-13-29-23-24(32-22)36(34-33-23)15-20-14-35(7-8-37-20)25-30-11-19(12-31-25)16-3-5-28-6-4-16/h1-3,9,11-13,20,28H,4-8,14-15H2/t20-/m0/s1. The van der Waals surface area contributed by atoms with Gasteiger partial charge in [-0.2, -0.15) is 5.26 Å². The molecule has 0 bridgehead atoms. The number of aromatic nitrogens is 7. The number of nitrogens with zero attached hydrogens (tertiary/aromatic N) is 9. The number of nitriles is 1. The van der Waals surface area contributed by atoms with Gasteiger partial charge >= 0.3 is 0 Å². The molecule has 1 fully saturated rings. The van der Waals surface area contributed by atoms with E-state index in [1.54, 1.807) is 10.7 Å². The summed E-state index contributed by atoms with van der Waals surface area (Å²) in [6.07, 6.45) is 8.28. The zero-order chi connectivity index (χ0) is 25.2. The van der Waals surface area contributed by atoms with Crippen molar-refractivity contribution in [1.82, 2.24) is 40.2 Å². The molecule has 186 valence electrons. The molecule has 0 unspecified atom stereocenters. The number of rotatable bonds is 5. The van der Waals surface area contributed by atoms with E-state index in [4.69, 9.17) is 10.00 Å². The normalized spacial score (nSPS) is 18.0. The predicted molar refractivity (Wildman–Crippen MR) is 133 cm³/mol. The van der Waals surface area contributed by atoms with Crippen molar-refractivity contribution in [2.24, 2.45) is 0 Å². The van der Waals surface area contributed by atoms with Crippen LogP contribution in [-0.2, 0) is 11.3 Å². The summed E-state index contributed by atoms with van der Waals surface area (Å²) in [4.78, 5) is 20.3. The van der Waals surface area contributed by atoms with Crippen molar-refractivity contribution in [3.8, 4) is 17.3 Å². The highest BCUT2D eigenvalue weighted by atomic mass is 19.1. The van der Waals surface area contributed by atoms with E-state index in [0.29, 0.717) is 54.7 Å². The highest BCUT2D eigenvalue weighted by Gasteiger charge is 2.24. The average Bonchev–Trinajstić information content (AvgIpc) is 3.36. The van der Waals surface area contributed by atoms with Crippen LogP contribution in [0.25, 0.3) is 28.1 Å². The topological polar surface area (TPSA) is 131 Å². The Morgan fingerprint density at radius 1 is 1.16 bits per heavy atom. The summed E-state index contributed by atoms with van der Waals surface area (Å²) in [5.74, 6) is 0.0923. The molecule has 2 aliphatic heterocycles. The zero-order valence-corrected chi connectivity index (χ0v) is 19.9. The van der Waals surface area contributed by atoms with Gasteiger partial charge < -0.3 is 15.0 Å². The molecule has 0 amide bonds. The van der Waals surface area contributed by atoms with Crippen LogP contribution >= 0.6 is 0 Å². The molecule has 0 saturated carbocycles. The Kier molecular flexibility index (Phi) is 6.21. The lowest BCUT2D eigenvalue weighted by Gasteiger charge is -2.32. The Morgan fingerprint density at radius 2 is 2.05 bits per heavy atom. The van der Waals surface area contributed by atoms with Crippen LogP contribution in [0.5, 0.6) is 0 Å². The number of anilines is 1. The van der Waals surface area contributed by atoms with E-state index >= 15 is 0 Å². The predicted octanol–water partition coefficient (Wildman–Crippen LogP) is 1.97. The average molecular weight is 499 g/mol. The zero-order valence-electron chi connectivity index (χ0n) is 19.9. The second-order valence-electron chi connectivity index (χ2n) is 8.87. The third kappa shape index (κ3) is 4.74. The molecule has 11 nitrogen and oxygen atoms in total. The van der Waals surface area contributed by atoms with Gasteiger partial charge in [-0.15, -0.1) is 5.10 Å². The van der Waals surface area contributed by atoms with Crippen molar-refractivity contribution in [3.63, 3.8) is 0 Å². The lowest BCUT2D eigenvalue weighted by Crippen LogP contribution is -2.45. The maximum Gasteiger partial charge on any atom is 0.225 e. The molecule has 1 N–H and O–H groups in total. The maximum absolute atomic E-state index is 13.8. The van der Waals surface area contributed by atoms with Gasteiger partial charge in [0.2, 0.25) is 11.6 Å². The highest BCUT2D eigenvalue weighted by Crippen LogP contribution is 2.23. The molecular formula is C25H23FN10O. The molecule has 1 atom stereocenters. The summed E-state index contributed by atoms with van der Waals surface area (Å²) in [5.41, 5.74) is 4.23. The second kappa shape index (κ2) is 9.96. The minimum atomic E-state index is -0.576. The minimum Gasteiger partial charge on any atom is -0.373 e. The summed E-state index contributed by atoms with van der Waals surface area (Å²) in [6, 6.07) is 6.12. The Labute approximate surface area is 211 Å². The van der Waals surface area contributed by atoms with Gasteiger partial charge in [-0.1, -0.05) is 11.3 Å². The van der Waals surface area contributed by atoms with Crippen LogP contribution in [0.2, 0.25) is 0 Å². The van der Waals surface area contributed by atoms with Gasteiger partial charge in [-0.05, 0) is 36.7 Å². The van der Waals surface area contributed by atoms with E-state index in [9.17, 15) is 4.39 Å². The first-order valence-corrected chi connectivity index (χ1v) is 12.0. The molecule has 0 aliphatic carbocycles. The van der Waals surface area contributed by atoms with Crippen molar-refractivity contribution in [1.29, 1.82) is 5.26 Å². The van der Waals surface area contributed by atoms with Crippen LogP contribution in [0.4, 0.5) is 10.3 Å². The van der Waals surface area contributed by atoms with Crippen LogP contribution < -0.4 is 10.2 Å². The molecule has 6 rings (SSSR count). The third-order valence-corrected chi connectivity index (χ3v) is 6.48. The van der Waals surface area contributed by atoms with Crippen LogP contribution in [0.15, 0.2) is 42.9 Å². The molecule has 5 heterocycles. The Morgan fingerprint density at radius 3 is 2.86 bits per heavy atom. The first-order valence-electron chi connectivity index (χ1n) is 12.0. The third-order valence-electron chi connectivity index (χ3n) is 6.48. The fourth-order valence-electron chi connectivity index (χ4n) is 4.53. The minimum absolute atomic E-state index is 0.0514. The second-order valence-corrected chi connectivity index (χ2v) is 8.87. The van der Waals surface area contributed by atoms with Gasteiger partial charge in [-0.25, -0.2) is 29.0 Å². The number of hydrogen-bond acceptors (Lipinski definition) is 10. The molecule has 12 heteroatoms. The highest BCUT2D eigenvalue weighted by molar-refractivity contribution is 5.70. The molecule has 3 aromatic heterocycles. The first kappa shape index (κ1) is 23.1. The molecular weight excluding hydrogens is 475 g/mol. The van der Waals surface area contributed by atoms with E-state index < -0.39 is 5.82 Å². The number of nitrogens with one attached hydrogen (secondary N) is 1. The summed E-state index contributed by atoms with van der Waals surface area (Å²) in [5, 5.41) is 20.8. The van der Waals surface area contributed by atoms with Crippen molar-refractivity contribution in [2.75, 3.05) is 37.7 Å². The van der Waals surface area contributed by atoms with Gasteiger partial charge in [0, 0.05) is 43.2 Å². The number of fused-ring (bicyclic) bond motifs is 1. The molecule has 0 spiro atoms. The van der Waals surface area contributed by atoms with E-state index in [2.05, 4.69) is 46.5 Å². The maximum atomic E-state index is 13.8. The van der Waals surface area contributed by atoms with Crippen molar-refractivity contribution < 1.29 is 9.13 Å². The van der Waals surface area contributed by atoms with Crippen molar-refractivity contribution >= 4 is 22.8 Å². The van der Waals surface area contributed by atoms with E-state index in [0.717, 1.165) is 25.1 Å². The fraction of sp³-hybridized carbons (Fsp3) is 0.320. The van der Waals surface area contributed by atoms with Crippen LogP contribution in [-0.4, -0.2) is 73.8 Å². The number of morpholine rings is 1. The van der Waals surface area contributed by atoms with Gasteiger partial charge in [0.15, 0.2) is 5.65 Å². The van der Waals surface area contributed by atoms with Crippen LogP contribution in [0.3, 0.4) is 0 Å². The molecule has 37 heavy (non-hydrogen) atoms. The van der Waals surface area contributed by atoms with E-state index in [-0.39, 0.29) is 11.7 Å². The van der Waals surface area contributed by atoms with Gasteiger partial charge in [0.1, 0.15) is 11.9 Å². The summed E-state index contributed by atoms with van der Waals surface area (Å²) in [7, 11) is 0. The fourth-order valence-corrected chi connectivity index (χ4v) is 4.53. The number of halogens is 1. The van der Waals surface area contributed by atoms with Crippen molar-refractivity contribution in [2.45, 2.75) is 19.1 Å². The summed E-state index contributed by atoms with van der Waals surface area (Å²) in [6.45, 7) is 4.06. The Balaban J connectivity index is 1.19. The van der Waals surface area contributed by atoms with Gasteiger partial charge in [0.05, 0.1) is 36.7 Å². The molecule has 4 aromatic rings. The molecule has 1 aromatic carbocycles. The largest absolute Gasteiger partial charge is 0.373 e. The quantitative estimate of drug-likeness (QED) is 0.436. The number of hydrogen-bond donors (Lipinski definition) is 1. The number of benzene rings is 1. The first-order chi connectivity index (χ1) is 18.2. The lowest BCUT2D eigenvalue weighted by molar-refractivity contribution is 0.0273. The van der Waals surface area contributed by atoms with Crippen LogP contribution in [0.1, 0.15) is 17.5 Å². The van der Waals surface area contributed by atoms with Gasteiger partial charge in [0.25, 0.3) is 0 Å². The summed E-state index contributed by atoms with van der Waals surface area (Å²) >= 11 is 0. The molecule has 1 saturated heterocycles. The van der Waals surface area contributed by atoms with E-state index in [1.165, 1.54) is 23.9 Å². The molecule has 0 radical (unpaired) electrons. The lowest BCUT2D eigenvalue weighted by atomic mass is 10.0. The van der Waals surface area contributed by atoms with Crippen LogP contribution in [0, 0.1) is 17.1 Å². The summed E-state index contributed by atoms with van der Waals surface area (Å²) < 4.78 is 21.4. The van der Waals surface area contributed by atoms with Gasteiger partial charge in [-0.3, -0.25) is 0 Å². The smallest absolute Gasteiger partial charge is 0.225 e. The van der Waals surface area contributed by atoms with Crippen molar-refractivity contribution in [3.05, 3.63) is 59.8 Å². The Bertz CT molecular complexity index is 1510. The molecule has 2 aliphatic rings. The monoisotopic (exact) mass is 498 g/mol. The van der Waals surface area contributed by atoms with E-state index in [1.807, 2.05) is 18.5 Å². The Hall–Kier alpha value is -4.34.